The number of nitro benzene ring substituents is 1. The van der Waals surface area contributed by atoms with Gasteiger partial charge in [0.2, 0.25) is 5.95 Å². The Bertz CT molecular complexity index is 817. The lowest BCUT2D eigenvalue weighted by Gasteiger charge is -2.07. The first-order chi connectivity index (χ1) is 9.66. The normalized spacial score (nSPS) is 10.6. The van der Waals surface area contributed by atoms with Gasteiger partial charge in [-0.2, -0.15) is 0 Å². The number of anilines is 1. The maximum Gasteiger partial charge on any atom is 0.278 e. The minimum atomic E-state index is -0.428. The Morgan fingerprint density at radius 1 is 1.00 bits per heavy atom. The number of fused-ring (bicyclic) bond motifs is 1. The Hall–Kier alpha value is -3.02. The topological polar surface area (TPSA) is 94.9 Å². The molecule has 0 atom stereocenters. The highest BCUT2D eigenvalue weighted by atomic mass is 16.6. The van der Waals surface area contributed by atoms with Crippen molar-refractivity contribution in [1.29, 1.82) is 0 Å². The lowest BCUT2D eigenvalue weighted by molar-refractivity contribution is -0.384. The summed E-state index contributed by atoms with van der Waals surface area (Å²) < 4.78 is 0. The molecule has 0 bridgehead atoms. The molecule has 1 aromatic heterocycles. The van der Waals surface area contributed by atoms with E-state index >= 15 is 0 Å². The third-order valence-electron chi connectivity index (χ3n) is 2.98. The molecule has 6 heteroatoms. The molecule has 0 saturated carbocycles. The van der Waals surface area contributed by atoms with Crippen LogP contribution in [0.4, 0.5) is 11.6 Å². The van der Waals surface area contributed by atoms with Crippen LogP contribution in [-0.4, -0.2) is 14.9 Å². The smallest absolute Gasteiger partial charge is 0.278 e. The van der Waals surface area contributed by atoms with Crippen molar-refractivity contribution in [1.82, 2.24) is 9.97 Å². The van der Waals surface area contributed by atoms with E-state index in [1.54, 1.807) is 24.3 Å². The van der Waals surface area contributed by atoms with Crippen LogP contribution in [0.25, 0.3) is 22.2 Å². The molecular weight excluding hydrogens is 256 g/mol. The lowest BCUT2D eigenvalue weighted by Crippen LogP contribution is -2.00. The van der Waals surface area contributed by atoms with Crippen molar-refractivity contribution in [3.05, 3.63) is 58.6 Å². The second-order valence-electron chi connectivity index (χ2n) is 4.22. The van der Waals surface area contributed by atoms with E-state index in [1.165, 1.54) is 6.07 Å². The number of nitrogen functional groups attached to an aromatic ring is 1. The van der Waals surface area contributed by atoms with Crippen molar-refractivity contribution in [2.75, 3.05) is 5.73 Å². The molecule has 3 rings (SSSR count). The molecule has 6 nitrogen and oxygen atoms in total. The van der Waals surface area contributed by atoms with Crippen molar-refractivity contribution in [2.45, 2.75) is 0 Å². The highest BCUT2D eigenvalue weighted by Crippen LogP contribution is 2.32. The minimum absolute atomic E-state index is 0.00393. The molecule has 0 amide bonds. The monoisotopic (exact) mass is 266 g/mol. The molecular formula is C14H10N4O2. The van der Waals surface area contributed by atoms with Gasteiger partial charge in [0.1, 0.15) is 0 Å². The predicted octanol–water partition coefficient (Wildman–Crippen LogP) is 2.79. The Kier molecular flexibility index (Phi) is 2.76. The summed E-state index contributed by atoms with van der Waals surface area (Å²) in [5.41, 5.74) is 7.26. The van der Waals surface area contributed by atoms with Crippen LogP contribution < -0.4 is 5.73 Å². The molecule has 0 aliphatic rings. The number of nitrogens with zero attached hydrogens (tertiary/aromatic N) is 3. The molecule has 20 heavy (non-hydrogen) atoms. The molecule has 1 heterocycles. The number of nitrogens with two attached hydrogens (primary N) is 1. The summed E-state index contributed by atoms with van der Waals surface area (Å²) in [6.45, 7) is 0. The summed E-state index contributed by atoms with van der Waals surface area (Å²) in [6.07, 6.45) is 0. The molecule has 3 aromatic rings. The van der Waals surface area contributed by atoms with E-state index in [0.717, 1.165) is 5.39 Å². The fourth-order valence-corrected chi connectivity index (χ4v) is 2.13. The zero-order valence-corrected chi connectivity index (χ0v) is 10.4. The summed E-state index contributed by atoms with van der Waals surface area (Å²) in [5, 5.41) is 11.9. The van der Waals surface area contributed by atoms with Gasteiger partial charge in [-0.3, -0.25) is 10.1 Å². The van der Waals surface area contributed by atoms with Crippen LogP contribution in [0.1, 0.15) is 0 Å². The highest BCUT2D eigenvalue weighted by molar-refractivity contribution is 5.95. The Balaban J connectivity index is 2.38. The first-order valence-corrected chi connectivity index (χ1v) is 5.93. The standard InChI is InChI=1S/C14H10N4O2/c15-14-16-11-7-3-1-5-9(11)13(17-14)10-6-2-4-8-12(10)18(19)20/h1-8H,(H2,15,16,17). The third kappa shape index (κ3) is 1.93. The average Bonchev–Trinajstić information content (AvgIpc) is 2.46. The van der Waals surface area contributed by atoms with E-state index in [4.69, 9.17) is 5.73 Å². The van der Waals surface area contributed by atoms with Crippen LogP contribution in [0, 0.1) is 10.1 Å². The van der Waals surface area contributed by atoms with Crippen molar-refractivity contribution < 1.29 is 4.92 Å². The molecule has 0 fully saturated rings. The lowest BCUT2D eigenvalue weighted by atomic mass is 10.0. The first kappa shape index (κ1) is 12.0. The van der Waals surface area contributed by atoms with Gasteiger partial charge < -0.3 is 5.73 Å². The Morgan fingerprint density at radius 3 is 2.50 bits per heavy atom. The number of rotatable bonds is 2. The van der Waals surface area contributed by atoms with Gasteiger partial charge in [-0.1, -0.05) is 30.3 Å². The highest BCUT2D eigenvalue weighted by Gasteiger charge is 2.18. The van der Waals surface area contributed by atoms with Crippen LogP contribution in [0.2, 0.25) is 0 Å². The number of nitro groups is 1. The van der Waals surface area contributed by atoms with Crippen LogP contribution in [0.5, 0.6) is 0 Å². The molecule has 2 aromatic carbocycles. The molecule has 0 saturated heterocycles. The minimum Gasteiger partial charge on any atom is -0.368 e. The molecule has 2 N–H and O–H groups in total. The summed E-state index contributed by atoms with van der Waals surface area (Å²) in [6, 6.07) is 13.7. The van der Waals surface area contributed by atoms with Gasteiger partial charge in [-0.05, 0) is 12.1 Å². The fourth-order valence-electron chi connectivity index (χ4n) is 2.13. The zero-order valence-electron chi connectivity index (χ0n) is 10.4. The Morgan fingerprint density at radius 2 is 1.70 bits per heavy atom. The van der Waals surface area contributed by atoms with Crippen molar-refractivity contribution >= 4 is 22.5 Å². The molecule has 0 unspecified atom stereocenters. The van der Waals surface area contributed by atoms with E-state index in [9.17, 15) is 10.1 Å². The number of para-hydroxylation sites is 2. The summed E-state index contributed by atoms with van der Waals surface area (Å²) in [4.78, 5) is 19.0. The van der Waals surface area contributed by atoms with E-state index in [2.05, 4.69) is 9.97 Å². The largest absolute Gasteiger partial charge is 0.368 e. The van der Waals surface area contributed by atoms with Gasteiger partial charge in [0.25, 0.3) is 5.69 Å². The summed E-state index contributed by atoms with van der Waals surface area (Å²) >= 11 is 0. The summed E-state index contributed by atoms with van der Waals surface area (Å²) in [7, 11) is 0. The van der Waals surface area contributed by atoms with Crippen molar-refractivity contribution in [3.63, 3.8) is 0 Å². The predicted molar refractivity (Wildman–Crippen MR) is 76.0 cm³/mol. The van der Waals surface area contributed by atoms with Crippen LogP contribution in [0.3, 0.4) is 0 Å². The van der Waals surface area contributed by atoms with Gasteiger partial charge in [-0.15, -0.1) is 0 Å². The van der Waals surface area contributed by atoms with Crippen molar-refractivity contribution in [3.8, 4) is 11.3 Å². The zero-order chi connectivity index (χ0) is 14.1. The maximum atomic E-state index is 11.1. The van der Waals surface area contributed by atoms with E-state index < -0.39 is 4.92 Å². The number of benzene rings is 2. The van der Waals surface area contributed by atoms with Gasteiger partial charge in [-0.25, -0.2) is 9.97 Å². The van der Waals surface area contributed by atoms with Gasteiger partial charge in [0.05, 0.1) is 21.7 Å². The quantitative estimate of drug-likeness (QED) is 0.568. The fraction of sp³-hybridized carbons (Fsp3) is 0. The van der Waals surface area contributed by atoms with E-state index in [0.29, 0.717) is 16.8 Å². The van der Waals surface area contributed by atoms with Crippen molar-refractivity contribution in [2.24, 2.45) is 0 Å². The number of hydrogen-bond donors (Lipinski definition) is 1. The third-order valence-corrected chi connectivity index (χ3v) is 2.98. The Labute approximate surface area is 114 Å². The van der Waals surface area contributed by atoms with E-state index in [1.807, 2.05) is 18.2 Å². The second-order valence-corrected chi connectivity index (χ2v) is 4.22. The SMILES string of the molecule is Nc1nc(-c2ccccc2[N+](=O)[O-])c2ccccc2n1. The molecule has 98 valence electrons. The van der Waals surface area contributed by atoms with Gasteiger partial charge in [0.15, 0.2) is 0 Å². The number of hydrogen-bond acceptors (Lipinski definition) is 5. The average molecular weight is 266 g/mol. The van der Waals surface area contributed by atoms with Gasteiger partial charge >= 0.3 is 0 Å². The maximum absolute atomic E-state index is 11.1. The summed E-state index contributed by atoms with van der Waals surface area (Å²) in [5.74, 6) is 0.0943. The molecule has 0 aliphatic heterocycles. The first-order valence-electron chi connectivity index (χ1n) is 5.93. The van der Waals surface area contributed by atoms with Crippen LogP contribution >= 0.6 is 0 Å². The number of aromatic nitrogens is 2. The molecule has 0 radical (unpaired) electrons. The second kappa shape index (κ2) is 4.58. The van der Waals surface area contributed by atoms with Crippen LogP contribution in [-0.2, 0) is 0 Å². The van der Waals surface area contributed by atoms with Crippen LogP contribution in [0.15, 0.2) is 48.5 Å². The van der Waals surface area contributed by atoms with E-state index in [-0.39, 0.29) is 11.6 Å². The molecule has 0 spiro atoms. The molecule has 0 aliphatic carbocycles. The van der Waals surface area contributed by atoms with Gasteiger partial charge in [0, 0.05) is 11.5 Å².